The predicted octanol–water partition coefficient (Wildman–Crippen LogP) is 2.75. The lowest BCUT2D eigenvalue weighted by Crippen LogP contribution is -2.03. The van der Waals surface area contributed by atoms with Crippen LogP contribution in [0.25, 0.3) is 0 Å². The van der Waals surface area contributed by atoms with Gasteiger partial charge in [0, 0.05) is 0 Å². The maximum Gasteiger partial charge on any atom is -0.0180 e. The molecular weight excluding hydrogens is 108 g/mol. The lowest BCUT2D eigenvalue weighted by molar-refractivity contribution is 0.438. The zero-order valence-corrected chi connectivity index (χ0v) is 5.90. The minimum absolute atomic E-state index is 0.793. The first-order valence-electron chi connectivity index (χ1n) is 4.00. The van der Waals surface area contributed by atoms with Gasteiger partial charge in [-0.05, 0) is 37.0 Å². The lowest BCUT2D eigenvalue weighted by atomic mass is 9.93. The van der Waals surface area contributed by atoms with E-state index in [2.05, 4.69) is 12.7 Å². The third kappa shape index (κ3) is 0.654. The van der Waals surface area contributed by atoms with Crippen molar-refractivity contribution >= 4 is 0 Å². The number of rotatable bonds is 1. The summed E-state index contributed by atoms with van der Waals surface area (Å²) in [6.07, 6.45) is 9.53. The van der Waals surface area contributed by atoms with E-state index < -0.39 is 0 Å². The molecular formula is C9H14. The van der Waals surface area contributed by atoms with E-state index in [-0.39, 0.29) is 0 Å². The Bertz CT molecular complexity index is 131. The molecule has 0 heteroatoms. The Hall–Kier alpha value is -0.260. The van der Waals surface area contributed by atoms with Gasteiger partial charge < -0.3 is 0 Å². The van der Waals surface area contributed by atoms with Crippen molar-refractivity contribution in [3.8, 4) is 0 Å². The highest BCUT2D eigenvalue weighted by atomic mass is 14.5. The van der Waals surface area contributed by atoms with Crippen molar-refractivity contribution in [2.45, 2.75) is 32.1 Å². The maximum atomic E-state index is 3.88. The van der Waals surface area contributed by atoms with Crippen LogP contribution in [0.15, 0.2) is 12.7 Å². The summed E-state index contributed by atoms with van der Waals surface area (Å²) >= 11 is 0. The van der Waals surface area contributed by atoms with E-state index >= 15 is 0 Å². The van der Waals surface area contributed by atoms with Gasteiger partial charge in [0.2, 0.25) is 0 Å². The third-order valence-electron chi connectivity index (χ3n) is 3.15. The van der Waals surface area contributed by atoms with Crippen LogP contribution in [0.1, 0.15) is 32.1 Å². The molecule has 0 nitrogen and oxygen atoms in total. The monoisotopic (exact) mass is 122 g/mol. The quantitative estimate of drug-likeness (QED) is 0.469. The van der Waals surface area contributed by atoms with Gasteiger partial charge in [0.1, 0.15) is 0 Å². The fourth-order valence-corrected chi connectivity index (χ4v) is 2.31. The SMILES string of the molecule is C=CC1CCCC12CC2. The summed E-state index contributed by atoms with van der Waals surface area (Å²) in [5, 5.41) is 0. The molecule has 0 heterocycles. The van der Waals surface area contributed by atoms with Crippen LogP contribution in [0.2, 0.25) is 0 Å². The fourth-order valence-electron chi connectivity index (χ4n) is 2.31. The minimum atomic E-state index is 0.793. The van der Waals surface area contributed by atoms with Crippen molar-refractivity contribution < 1.29 is 0 Å². The largest absolute Gasteiger partial charge is 0.103 e. The van der Waals surface area contributed by atoms with Crippen LogP contribution >= 0.6 is 0 Å². The van der Waals surface area contributed by atoms with E-state index in [1.165, 1.54) is 32.1 Å². The van der Waals surface area contributed by atoms with E-state index in [9.17, 15) is 0 Å². The van der Waals surface area contributed by atoms with Crippen LogP contribution in [-0.4, -0.2) is 0 Å². The predicted molar refractivity (Wildman–Crippen MR) is 39.2 cm³/mol. The smallest absolute Gasteiger partial charge is 0.0180 e. The Morgan fingerprint density at radius 3 is 2.56 bits per heavy atom. The molecule has 0 aliphatic heterocycles. The normalized spacial score (nSPS) is 37.1. The second-order valence-electron chi connectivity index (χ2n) is 3.60. The van der Waals surface area contributed by atoms with Gasteiger partial charge in [0.15, 0.2) is 0 Å². The Kier molecular flexibility index (Phi) is 0.992. The summed E-state index contributed by atoms with van der Waals surface area (Å²) < 4.78 is 0. The van der Waals surface area contributed by atoms with Gasteiger partial charge in [-0.1, -0.05) is 12.5 Å². The van der Waals surface area contributed by atoms with Crippen LogP contribution in [0, 0.1) is 11.3 Å². The molecule has 0 bridgehead atoms. The summed E-state index contributed by atoms with van der Waals surface area (Å²) in [5.74, 6) is 0.887. The molecule has 0 radical (unpaired) electrons. The van der Waals surface area contributed by atoms with Crippen LogP contribution in [0.4, 0.5) is 0 Å². The highest BCUT2D eigenvalue weighted by Gasteiger charge is 2.50. The van der Waals surface area contributed by atoms with Gasteiger partial charge in [-0.25, -0.2) is 0 Å². The molecule has 0 aromatic heterocycles. The van der Waals surface area contributed by atoms with Gasteiger partial charge >= 0.3 is 0 Å². The van der Waals surface area contributed by atoms with Crippen molar-refractivity contribution in [1.82, 2.24) is 0 Å². The molecule has 2 fully saturated rings. The Morgan fingerprint density at radius 2 is 2.11 bits per heavy atom. The zero-order valence-electron chi connectivity index (χ0n) is 5.90. The Labute approximate surface area is 57.0 Å². The van der Waals surface area contributed by atoms with Gasteiger partial charge in [0.05, 0.1) is 0 Å². The van der Waals surface area contributed by atoms with Gasteiger partial charge in [-0.15, -0.1) is 6.58 Å². The molecule has 1 unspecified atom stereocenters. The number of hydrogen-bond acceptors (Lipinski definition) is 0. The van der Waals surface area contributed by atoms with Crippen molar-refractivity contribution in [3.63, 3.8) is 0 Å². The molecule has 0 N–H and O–H groups in total. The Balaban J connectivity index is 2.13. The topological polar surface area (TPSA) is 0 Å². The summed E-state index contributed by atoms with van der Waals surface area (Å²) in [6, 6.07) is 0. The van der Waals surface area contributed by atoms with E-state index in [0.29, 0.717) is 0 Å². The Morgan fingerprint density at radius 1 is 1.33 bits per heavy atom. The van der Waals surface area contributed by atoms with E-state index in [1.807, 2.05) is 0 Å². The molecule has 2 saturated carbocycles. The summed E-state index contributed by atoms with van der Waals surface area (Å²) in [7, 11) is 0. The second kappa shape index (κ2) is 1.62. The highest BCUT2D eigenvalue weighted by Crippen LogP contribution is 2.61. The van der Waals surface area contributed by atoms with Gasteiger partial charge in [-0.2, -0.15) is 0 Å². The van der Waals surface area contributed by atoms with Gasteiger partial charge in [-0.3, -0.25) is 0 Å². The molecule has 2 aliphatic carbocycles. The van der Waals surface area contributed by atoms with Crippen molar-refractivity contribution in [1.29, 1.82) is 0 Å². The second-order valence-corrected chi connectivity index (χ2v) is 3.60. The average Bonchev–Trinajstić information content (AvgIpc) is 2.45. The molecule has 2 aliphatic rings. The number of allylic oxidation sites excluding steroid dienone is 1. The molecule has 9 heavy (non-hydrogen) atoms. The first-order valence-corrected chi connectivity index (χ1v) is 4.00. The standard InChI is InChI=1S/C9H14/c1-2-8-4-3-5-9(8)6-7-9/h2,8H,1,3-7H2. The molecule has 1 spiro atoms. The zero-order chi connectivity index (χ0) is 6.32. The van der Waals surface area contributed by atoms with Crippen molar-refractivity contribution in [2.24, 2.45) is 11.3 Å². The van der Waals surface area contributed by atoms with E-state index in [1.54, 1.807) is 0 Å². The highest BCUT2D eigenvalue weighted by molar-refractivity contribution is 5.07. The molecule has 0 aromatic rings. The van der Waals surface area contributed by atoms with Gasteiger partial charge in [0.25, 0.3) is 0 Å². The molecule has 0 amide bonds. The summed E-state index contributed by atoms with van der Waals surface area (Å²) in [6.45, 7) is 3.88. The van der Waals surface area contributed by atoms with Crippen LogP contribution in [-0.2, 0) is 0 Å². The minimum Gasteiger partial charge on any atom is -0.103 e. The van der Waals surface area contributed by atoms with Crippen LogP contribution in [0.3, 0.4) is 0 Å². The number of hydrogen-bond donors (Lipinski definition) is 0. The first kappa shape index (κ1) is 5.52. The molecule has 2 rings (SSSR count). The summed E-state index contributed by atoms with van der Waals surface area (Å²) in [4.78, 5) is 0. The van der Waals surface area contributed by atoms with Crippen LogP contribution in [0.5, 0.6) is 0 Å². The molecule has 50 valence electrons. The van der Waals surface area contributed by atoms with Crippen molar-refractivity contribution in [2.75, 3.05) is 0 Å². The average molecular weight is 122 g/mol. The maximum absolute atomic E-state index is 3.88. The molecule has 0 aromatic carbocycles. The molecule has 1 atom stereocenters. The van der Waals surface area contributed by atoms with E-state index in [4.69, 9.17) is 0 Å². The van der Waals surface area contributed by atoms with Crippen LogP contribution < -0.4 is 0 Å². The third-order valence-corrected chi connectivity index (χ3v) is 3.15. The molecule has 0 saturated heterocycles. The summed E-state index contributed by atoms with van der Waals surface area (Å²) in [5.41, 5.74) is 0.793. The lowest BCUT2D eigenvalue weighted by Gasteiger charge is -2.11. The van der Waals surface area contributed by atoms with Crippen molar-refractivity contribution in [3.05, 3.63) is 12.7 Å². The first-order chi connectivity index (χ1) is 4.37. The fraction of sp³-hybridized carbons (Fsp3) is 0.778. The van der Waals surface area contributed by atoms with E-state index in [0.717, 1.165) is 11.3 Å².